The van der Waals surface area contributed by atoms with Crippen LogP contribution in [0.5, 0.6) is 0 Å². The van der Waals surface area contributed by atoms with Gasteiger partial charge in [0.2, 0.25) is 0 Å². The average Bonchev–Trinajstić information content (AvgIpc) is 3.38. The first-order chi connectivity index (χ1) is 9.47. The van der Waals surface area contributed by atoms with Gasteiger partial charge in [0.1, 0.15) is 0 Å². The van der Waals surface area contributed by atoms with Crippen LogP contribution in [-0.2, 0) is 6.51 Å². The minimum atomic E-state index is -3.14. The molecular formula is C17H15BrFeO. The molecule has 0 radical (unpaired) electrons. The van der Waals surface area contributed by atoms with Crippen molar-refractivity contribution in [2.75, 3.05) is 0 Å². The molecule has 1 nitrogen and oxygen atoms in total. The second-order valence-corrected chi connectivity index (χ2v) is 36.1. The molecule has 0 aromatic heterocycles. The zero-order valence-corrected chi connectivity index (χ0v) is 13.5. The standard InChI is InChI=1S/C12H10BrO.C5H5.Fe/c13-11-8-4-3-7-10(11)12(14)9-5-1-2-6-9;1-2-4-5-3-1;/h1-8,12,14H;1-5H;. The number of fused-ring (bicyclic) bond motifs is 10. The monoisotopic (exact) mass is 370 g/mol. The van der Waals surface area contributed by atoms with Gasteiger partial charge in [0.05, 0.1) is 0 Å². The van der Waals surface area contributed by atoms with Crippen molar-refractivity contribution >= 4 is 15.9 Å². The molecule has 11 rings (SSSR count). The predicted octanol–water partition coefficient (Wildman–Crippen LogP) is 5.24. The Bertz CT molecular complexity index is 1140. The van der Waals surface area contributed by atoms with Crippen molar-refractivity contribution in [3.63, 3.8) is 0 Å². The number of aliphatic hydroxyl groups excluding tert-OH is 1. The summed E-state index contributed by atoms with van der Waals surface area (Å²) >= 11 is 3.72. The van der Waals surface area contributed by atoms with Gasteiger partial charge in [0.15, 0.2) is 0 Å². The predicted molar refractivity (Wildman–Crippen MR) is 75.5 cm³/mol. The summed E-state index contributed by atoms with van der Waals surface area (Å²) in [6.45, 7) is -3.14. The Kier molecular flexibility index (Phi) is 0.311. The fraction of sp³-hybridized carbons (Fsp3) is 0.647. The van der Waals surface area contributed by atoms with Gasteiger partial charge in [-0.2, -0.15) is 0 Å². The molecule has 10 aliphatic heterocycles. The van der Waals surface area contributed by atoms with Crippen molar-refractivity contribution in [2.24, 2.45) is 0 Å². The normalized spacial score (nSPS) is 105. The average molecular weight is 371 g/mol. The number of rotatable bonds is 2. The quantitative estimate of drug-likeness (QED) is 0.705. The van der Waals surface area contributed by atoms with Gasteiger partial charge in [0.25, 0.3) is 0 Å². The van der Waals surface area contributed by atoms with Crippen molar-refractivity contribution in [3.8, 4) is 0 Å². The molecule has 0 aliphatic carbocycles. The molecule has 0 saturated carbocycles. The van der Waals surface area contributed by atoms with Gasteiger partial charge in [-0.25, -0.2) is 0 Å². The SMILES string of the molecule is OC(c1ccccc1Br)[C]12[CH]3[CH]4[CH]5[CH]1[Fe]45321678[CH]2[CH]1[CH]6[CH]7[CH]28. The third-order valence-corrected chi connectivity index (χ3v) is 59.7. The van der Waals surface area contributed by atoms with E-state index in [2.05, 4.69) is 40.2 Å². The molecule has 1 aromatic carbocycles. The Morgan fingerprint density at radius 1 is 0.950 bits per heavy atom. The Labute approximate surface area is 115 Å². The van der Waals surface area contributed by atoms with Gasteiger partial charge in [0, 0.05) is 0 Å². The van der Waals surface area contributed by atoms with Crippen LogP contribution in [-0.4, -0.2) is 5.11 Å². The molecule has 10 fully saturated rings. The molecule has 0 amide bonds. The molecule has 1 aromatic rings. The zero-order chi connectivity index (χ0) is 12.6. The summed E-state index contributed by atoms with van der Waals surface area (Å²) in [5.74, 6) is 0. The maximum atomic E-state index is 11.5. The van der Waals surface area contributed by atoms with E-state index < -0.39 is 6.51 Å². The molecule has 1 spiro atoms. The summed E-state index contributed by atoms with van der Waals surface area (Å²) in [6.07, 6.45) is -0.0907. The number of benzene rings is 1. The van der Waals surface area contributed by atoms with Crippen molar-refractivity contribution in [1.82, 2.24) is 0 Å². The molecule has 20 heavy (non-hydrogen) atoms. The molecule has 5 atom stereocenters. The van der Waals surface area contributed by atoms with Crippen LogP contribution >= 0.6 is 15.9 Å². The van der Waals surface area contributed by atoms with E-state index in [1.807, 2.05) is 0 Å². The summed E-state index contributed by atoms with van der Waals surface area (Å²) in [5.41, 5.74) is 1.24. The number of hydrogen-bond acceptors (Lipinski definition) is 1. The second-order valence-electron chi connectivity index (χ2n) is 11.7. The minimum absolute atomic E-state index is 0.0907. The summed E-state index contributed by atoms with van der Waals surface area (Å²) < 4.78 is 1.73. The molecule has 10 aliphatic rings. The van der Waals surface area contributed by atoms with E-state index in [1.54, 1.807) is 0 Å². The van der Waals surface area contributed by atoms with Gasteiger partial charge < -0.3 is 0 Å². The van der Waals surface area contributed by atoms with Crippen molar-refractivity contribution in [3.05, 3.63) is 34.3 Å². The van der Waals surface area contributed by atoms with E-state index in [9.17, 15) is 5.11 Å². The molecule has 104 valence electrons. The van der Waals surface area contributed by atoms with Crippen LogP contribution in [0.1, 0.15) is 11.7 Å². The Morgan fingerprint density at radius 3 is 1.90 bits per heavy atom. The third-order valence-electron chi connectivity index (χ3n) is 16.4. The number of halogens is 1. The van der Waals surface area contributed by atoms with Crippen LogP contribution in [0.25, 0.3) is 0 Å². The fourth-order valence-electron chi connectivity index (χ4n) is 18.1. The first-order valence-electron chi connectivity index (χ1n) is 8.11. The van der Waals surface area contributed by atoms with Crippen molar-refractivity contribution in [1.29, 1.82) is 0 Å². The van der Waals surface area contributed by atoms with E-state index >= 15 is 0 Å². The van der Waals surface area contributed by atoms with Crippen LogP contribution in [0.2, 0.25) is 47.7 Å². The Morgan fingerprint density at radius 2 is 1.50 bits per heavy atom. The van der Waals surface area contributed by atoms with Crippen LogP contribution in [0.3, 0.4) is 0 Å². The summed E-state index contributed by atoms with van der Waals surface area (Å²) in [5, 5.41) is 11.5. The number of hydrogen-bond donors (Lipinski definition) is 1. The van der Waals surface area contributed by atoms with Gasteiger partial charge in [-0.3, -0.25) is 0 Å². The van der Waals surface area contributed by atoms with E-state index in [1.165, 1.54) is 48.9 Å². The van der Waals surface area contributed by atoms with Crippen LogP contribution in [0, 0.1) is 0 Å². The molecular weight excluding hydrogens is 356 g/mol. The molecule has 10 saturated heterocycles. The summed E-state index contributed by atoms with van der Waals surface area (Å²) in [4.78, 5) is 11.5. The molecule has 3 heteroatoms. The van der Waals surface area contributed by atoms with Gasteiger partial charge in [-0.15, -0.1) is 0 Å². The van der Waals surface area contributed by atoms with Gasteiger partial charge >= 0.3 is 116 Å². The second kappa shape index (κ2) is 0.762. The third kappa shape index (κ3) is 0.0978. The first-order valence-corrected chi connectivity index (χ1v) is 15.2. The molecule has 10 heterocycles. The van der Waals surface area contributed by atoms with E-state index in [-0.39, 0.29) is 6.10 Å². The van der Waals surface area contributed by atoms with Crippen LogP contribution in [0.15, 0.2) is 28.7 Å². The number of aliphatic hydroxyl groups is 1. The fourth-order valence-corrected chi connectivity index (χ4v) is 93.2. The first kappa shape index (κ1) is 8.15. The van der Waals surface area contributed by atoms with Crippen molar-refractivity contribution in [2.45, 2.75) is 53.8 Å². The summed E-state index contributed by atoms with van der Waals surface area (Å²) in [7, 11) is 0. The molecule has 0 bridgehead atoms. The maximum absolute atomic E-state index is 11.5. The van der Waals surface area contributed by atoms with Crippen LogP contribution < -0.4 is 0 Å². The summed E-state index contributed by atoms with van der Waals surface area (Å²) in [6, 6.07) is 8.52. The van der Waals surface area contributed by atoms with Gasteiger partial charge in [-0.05, 0) is 0 Å². The molecule has 1 N–H and O–H groups in total. The van der Waals surface area contributed by atoms with E-state index in [4.69, 9.17) is 0 Å². The van der Waals surface area contributed by atoms with Crippen molar-refractivity contribution < 1.29 is 11.6 Å². The zero-order valence-electron chi connectivity index (χ0n) is 10.8. The Balaban J connectivity index is 1.40. The topological polar surface area (TPSA) is 20.2 Å². The van der Waals surface area contributed by atoms with Gasteiger partial charge in [-0.1, -0.05) is 0 Å². The van der Waals surface area contributed by atoms with E-state index in [0.29, 0.717) is 4.31 Å². The van der Waals surface area contributed by atoms with E-state index in [0.717, 1.165) is 4.47 Å². The Hall–Kier alpha value is 0.179. The molecule has 5 unspecified atom stereocenters. The van der Waals surface area contributed by atoms with Crippen LogP contribution in [0.4, 0.5) is 0 Å².